The largest absolute Gasteiger partial charge is 0.351 e. The molecule has 2 amide bonds. The van der Waals surface area contributed by atoms with Gasteiger partial charge in [-0.25, -0.2) is 9.37 Å². The van der Waals surface area contributed by atoms with E-state index in [-0.39, 0.29) is 17.6 Å². The van der Waals surface area contributed by atoms with Crippen LogP contribution >= 0.6 is 11.6 Å². The Hall–Kier alpha value is -3.32. The van der Waals surface area contributed by atoms with E-state index in [1.807, 2.05) is 0 Å². The Morgan fingerprint density at radius 3 is 2.33 bits per heavy atom. The number of hydrogen-bond acceptors (Lipinski definition) is 4. The zero-order chi connectivity index (χ0) is 23.2. The van der Waals surface area contributed by atoms with Crippen LogP contribution in [0.5, 0.6) is 0 Å². The van der Waals surface area contributed by atoms with Crippen LogP contribution in [0.1, 0.15) is 54.2 Å². The number of rotatable bonds is 6. The Bertz CT molecular complexity index is 1090. The predicted molar refractivity (Wildman–Crippen MR) is 124 cm³/mol. The Balaban J connectivity index is 1.79. The minimum Gasteiger partial charge on any atom is -0.351 e. The molecule has 1 saturated carbocycles. The van der Waals surface area contributed by atoms with Crippen LogP contribution in [0.4, 0.5) is 10.1 Å². The molecule has 0 spiro atoms. The molecule has 8 heteroatoms. The van der Waals surface area contributed by atoms with E-state index < -0.39 is 17.8 Å². The van der Waals surface area contributed by atoms with Crippen LogP contribution in [0.3, 0.4) is 0 Å². The lowest BCUT2D eigenvalue weighted by Crippen LogP contribution is -2.47. The van der Waals surface area contributed by atoms with Gasteiger partial charge in [0.25, 0.3) is 5.91 Å². The Kier molecular flexibility index (Phi) is 7.29. The number of amides is 2. The summed E-state index contributed by atoms with van der Waals surface area (Å²) >= 11 is 6.07. The quantitative estimate of drug-likeness (QED) is 0.548. The van der Waals surface area contributed by atoms with Gasteiger partial charge < -0.3 is 5.32 Å². The summed E-state index contributed by atoms with van der Waals surface area (Å²) in [6.45, 7) is 0. The molecule has 6 nitrogen and oxygen atoms in total. The Morgan fingerprint density at radius 1 is 1.00 bits per heavy atom. The first-order valence-electron chi connectivity index (χ1n) is 10.9. The summed E-state index contributed by atoms with van der Waals surface area (Å²) in [6, 6.07) is 11.2. The van der Waals surface area contributed by atoms with E-state index in [0.717, 1.165) is 32.1 Å². The molecular formula is C25H24ClFN4O2. The fraction of sp³-hybridized carbons (Fsp3) is 0.280. The molecule has 0 saturated heterocycles. The first kappa shape index (κ1) is 22.9. The number of aromatic nitrogens is 2. The topological polar surface area (TPSA) is 75.2 Å². The van der Waals surface area contributed by atoms with Gasteiger partial charge in [0.05, 0.1) is 6.20 Å². The van der Waals surface area contributed by atoms with E-state index >= 15 is 0 Å². The highest BCUT2D eigenvalue weighted by atomic mass is 35.5. The number of nitrogens with zero attached hydrogens (tertiary/aromatic N) is 3. The number of carbonyl (C=O) groups is 2. The van der Waals surface area contributed by atoms with Crippen LogP contribution in [0.25, 0.3) is 0 Å². The first-order chi connectivity index (χ1) is 16.0. The second-order valence-electron chi connectivity index (χ2n) is 8.04. The molecule has 4 rings (SSSR count). The number of carbonyl (C=O) groups excluding carboxylic acids is 2. The van der Waals surface area contributed by atoms with Crippen molar-refractivity contribution >= 4 is 29.1 Å². The van der Waals surface area contributed by atoms with Gasteiger partial charge in [-0.1, -0.05) is 43.0 Å². The Labute approximate surface area is 196 Å². The molecular weight excluding hydrogens is 443 g/mol. The number of benzene rings is 2. The first-order valence-corrected chi connectivity index (χ1v) is 11.3. The second kappa shape index (κ2) is 10.5. The van der Waals surface area contributed by atoms with E-state index in [4.69, 9.17) is 11.6 Å². The van der Waals surface area contributed by atoms with Gasteiger partial charge in [-0.05, 0) is 54.8 Å². The summed E-state index contributed by atoms with van der Waals surface area (Å²) in [4.78, 5) is 36.8. The van der Waals surface area contributed by atoms with Gasteiger partial charge in [-0.2, -0.15) is 0 Å². The normalized spacial score (nSPS) is 15.0. The molecule has 0 aliphatic heterocycles. The molecule has 1 aliphatic rings. The highest BCUT2D eigenvalue weighted by Crippen LogP contribution is 2.31. The van der Waals surface area contributed by atoms with Crippen LogP contribution in [-0.4, -0.2) is 27.8 Å². The molecule has 170 valence electrons. The van der Waals surface area contributed by atoms with E-state index in [1.165, 1.54) is 47.8 Å². The minimum atomic E-state index is -1.04. The van der Waals surface area contributed by atoms with Crippen molar-refractivity contribution in [2.24, 2.45) is 0 Å². The van der Waals surface area contributed by atoms with Crippen molar-refractivity contribution in [3.63, 3.8) is 0 Å². The Morgan fingerprint density at radius 2 is 1.70 bits per heavy atom. The van der Waals surface area contributed by atoms with Gasteiger partial charge >= 0.3 is 0 Å². The second-order valence-corrected chi connectivity index (χ2v) is 8.48. The maximum Gasteiger partial charge on any atom is 0.279 e. The molecule has 0 bridgehead atoms. The number of halogens is 2. The van der Waals surface area contributed by atoms with E-state index in [2.05, 4.69) is 15.3 Å². The molecule has 33 heavy (non-hydrogen) atoms. The molecule has 1 fully saturated rings. The van der Waals surface area contributed by atoms with E-state index in [9.17, 15) is 14.0 Å². The third-order valence-electron chi connectivity index (χ3n) is 5.75. The average molecular weight is 467 g/mol. The van der Waals surface area contributed by atoms with Crippen LogP contribution in [0.2, 0.25) is 5.02 Å². The van der Waals surface area contributed by atoms with Crippen molar-refractivity contribution in [1.29, 1.82) is 0 Å². The lowest BCUT2D eigenvalue weighted by Gasteiger charge is -2.33. The summed E-state index contributed by atoms with van der Waals surface area (Å²) < 4.78 is 13.7. The average Bonchev–Trinajstić information content (AvgIpc) is 2.85. The van der Waals surface area contributed by atoms with Gasteiger partial charge in [0.1, 0.15) is 17.6 Å². The van der Waals surface area contributed by atoms with Crippen LogP contribution in [0.15, 0.2) is 67.1 Å². The number of nitrogens with one attached hydrogen (secondary N) is 1. The molecule has 3 aromatic rings. The lowest BCUT2D eigenvalue weighted by molar-refractivity contribution is -0.123. The van der Waals surface area contributed by atoms with Crippen molar-refractivity contribution in [1.82, 2.24) is 15.3 Å². The summed E-state index contributed by atoms with van der Waals surface area (Å²) in [5, 5.41) is 3.61. The third-order valence-corrected chi connectivity index (χ3v) is 6.00. The summed E-state index contributed by atoms with van der Waals surface area (Å²) in [5.41, 5.74) is 1.03. The van der Waals surface area contributed by atoms with Crippen LogP contribution in [-0.2, 0) is 4.79 Å². The van der Waals surface area contributed by atoms with E-state index in [0.29, 0.717) is 16.3 Å². The molecule has 1 aromatic heterocycles. The van der Waals surface area contributed by atoms with Gasteiger partial charge in [0.15, 0.2) is 0 Å². The third kappa shape index (κ3) is 5.54. The van der Waals surface area contributed by atoms with E-state index in [1.54, 1.807) is 24.3 Å². The maximum absolute atomic E-state index is 13.7. The van der Waals surface area contributed by atoms with Gasteiger partial charge in [0, 0.05) is 29.1 Å². The van der Waals surface area contributed by atoms with Crippen LogP contribution < -0.4 is 10.2 Å². The van der Waals surface area contributed by atoms with Gasteiger partial charge in [0.2, 0.25) is 5.91 Å². The summed E-state index contributed by atoms with van der Waals surface area (Å²) in [6.07, 6.45) is 9.26. The summed E-state index contributed by atoms with van der Waals surface area (Å²) in [5.74, 6) is -1.26. The minimum absolute atomic E-state index is 0.0351. The SMILES string of the molecule is O=C(NC1CCCCC1)[C@@H](c1ccc(F)cc1)N(C(=O)c1cnccn1)c1ccc(Cl)cc1. The van der Waals surface area contributed by atoms with Crippen molar-refractivity contribution < 1.29 is 14.0 Å². The predicted octanol–water partition coefficient (Wildman–Crippen LogP) is 5.11. The monoisotopic (exact) mass is 466 g/mol. The molecule has 1 atom stereocenters. The molecule has 2 aromatic carbocycles. The highest BCUT2D eigenvalue weighted by Gasteiger charge is 2.35. The molecule has 1 N–H and O–H groups in total. The maximum atomic E-state index is 13.7. The number of anilines is 1. The summed E-state index contributed by atoms with van der Waals surface area (Å²) in [7, 11) is 0. The zero-order valence-corrected chi connectivity index (χ0v) is 18.7. The zero-order valence-electron chi connectivity index (χ0n) is 18.0. The van der Waals surface area contributed by atoms with Crippen molar-refractivity contribution in [2.45, 2.75) is 44.2 Å². The lowest BCUT2D eigenvalue weighted by atomic mass is 9.94. The highest BCUT2D eigenvalue weighted by molar-refractivity contribution is 6.30. The molecule has 0 radical (unpaired) electrons. The standard InChI is InChI=1S/C25H24ClFN4O2/c26-18-8-12-21(13-9-18)31(25(33)22-16-28-14-15-29-22)23(17-6-10-19(27)11-7-17)24(32)30-20-4-2-1-3-5-20/h6-16,20,23H,1-5H2,(H,30,32)/t23-/m1/s1. The fourth-order valence-corrected chi connectivity index (χ4v) is 4.23. The van der Waals surface area contributed by atoms with Gasteiger partial charge in [-0.15, -0.1) is 0 Å². The van der Waals surface area contributed by atoms with Crippen LogP contribution in [0, 0.1) is 5.82 Å². The number of hydrogen-bond donors (Lipinski definition) is 1. The molecule has 1 aliphatic carbocycles. The molecule has 0 unspecified atom stereocenters. The van der Waals surface area contributed by atoms with Crippen molar-refractivity contribution in [3.05, 3.63) is 89.2 Å². The smallest absolute Gasteiger partial charge is 0.279 e. The fourth-order valence-electron chi connectivity index (χ4n) is 4.11. The van der Waals surface area contributed by atoms with Gasteiger partial charge in [-0.3, -0.25) is 19.5 Å². The molecule has 1 heterocycles. The van der Waals surface area contributed by atoms with Crippen molar-refractivity contribution in [3.8, 4) is 0 Å². The van der Waals surface area contributed by atoms with Crippen molar-refractivity contribution in [2.75, 3.05) is 4.90 Å².